The van der Waals surface area contributed by atoms with Crippen LogP contribution < -0.4 is 10.2 Å². The molecule has 0 spiro atoms. The van der Waals surface area contributed by atoms with Crippen molar-refractivity contribution < 1.29 is 8.78 Å². The maximum absolute atomic E-state index is 14.4. The van der Waals surface area contributed by atoms with E-state index in [0.717, 1.165) is 29.8 Å². The van der Waals surface area contributed by atoms with Crippen LogP contribution in [0.5, 0.6) is 0 Å². The summed E-state index contributed by atoms with van der Waals surface area (Å²) in [5.41, 5.74) is 3.30. The molecule has 0 unspecified atom stereocenters. The molecule has 4 heteroatoms. The van der Waals surface area contributed by atoms with E-state index in [9.17, 15) is 8.78 Å². The molecule has 3 rings (SSSR count). The standard InChI is InChI=1S/C17H18F2N2/c1-2-20-11-13-4-3-5-15(19)17(13)21-9-8-12-6-7-14(18)10-16(12)21/h3-7,10,20H,2,8-9,11H2,1H3. The molecule has 1 aliphatic heterocycles. The van der Waals surface area contributed by atoms with Crippen molar-refractivity contribution in [1.82, 2.24) is 5.32 Å². The largest absolute Gasteiger partial charge is 0.338 e. The average molecular weight is 288 g/mol. The third-order valence-corrected chi connectivity index (χ3v) is 3.85. The molecule has 0 saturated heterocycles. The van der Waals surface area contributed by atoms with Crippen molar-refractivity contribution in [3.63, 3.8) is 0 Å². The summed E-state index contributed by atoms with van der Waals surface area (Å²) in [6.07, 6.45) is 0.810. The van der Waals surface area contributed by atoms with Gasteiger partial charge in [-0.2, -0.15) is 0 Å². The number of para-hydroxylation sites is 1. The highest BCUT2D eigenvalue weighted by Crippen LogP contribution is 2.38. The Morgan fingerprint density at radius 3 is 2.86 bits per heavy atom. The maximum atomic E-state index is 14.4. The van der Waals surface area contributed by atoms with Gasteiger partial charge in [-0.25, -0.2) is 8.78 Å². The van der Waals surface area contributed by atoms with Crippen LogP contribution in [0, 0.1) is 11.6 Å². The number of hydrogen-bond donors (Lipinski definition) is 1. The van der Waals surface area contributed by atoms with Crippen molar-refractivity contribution in [2.45, 2.75) is 19.9 Å². The van der Waals surface area contributed by atoms with Crippen LogP contribution in [0.25, 0.3) is 0 Å². The SMILES string of the molecule is CCNCc1cccc(F)c1N1CCc2ccc(F)cc21. The minimum Gasteiger partial charge on any atom is -0.338 e. The fraction of sp³-hybridized carbons (Fsp3) is 0.294. The van der Waals surface area contributed by atoms with E-state index in [4.69, 9.17) is 0 Å². The summed E-state index contributed by atoms with van der Waals surface area (Å²) in [6.45, 7) is 4.12. The van der Waals surface area contributed by atoms with Gasteiger partial charge in [-0.3, -0.25) is 0 Å². The first-order valence-corrected chi connectivity index (χ1v) is 7.24. The summed E-state index contributed by atoms with van der Waals surface area (Å²) >= 11 is 0. The van der Waals surface area contributed by atoms with Gasteiger partial charge in [0, 0.05) is 18.8 Å². The van der Waals surface area contributed by atoms with Gasteiger partial charge in [-0.05, 0) is 42.3 Å². The van der Waals surface area contributed by atoms with E-state index >= 15 is 0 Å². The van der Waals surface area contributed by atoms with Crippen molar-refractivity contribution in [1.29, 1.82) is 0 Å². The molecule has 1 heterocycles. The lowest BCUT2D eigenvalue weighted by Crippen LogP contribution is -2.20. The van der Waals surface area contributed by atoms with Crippen LogP contribution in [-0.2, 0) is 13.0 Å². The molecule has 110 valence electrons. The van der Waals surface area contributed by atoms with E-state index in [0.29, 0.717) is 18.8 Å². The Morgan fingerprint density at radius 2 is 2.05 bits per heavy atom. The quantitative estimate of drug-likeness (QED) is 0.921. The van der Waals surface area contributed by atoms with E-state index < -0.39 is 0 Å². The Kier molecular flexibility index (Phi) is 3.88. The van der Waals surface area contributed by atoms with Crippen LogP contribution in [0.2, 0.25) is 0 Å². The van der Waals surface area contributed by atoms with Crippen LogP contribution >= 0.6 is 0 Å². The lowest BCUT2D eigenvalue weighted by molar-refractivity contribution is 0.618. The van der Waals surface area contributed by atoms with Gasteiger partial charge in [-0.1, -0.05) is 25.1 Å². The Hall–Kier alpha value is -1.94. The number of benzene rings is 2. The highest BCUT2D eigenvalue weighted by Gasteiger charge is 2.25. The molecule has 1 aliphatic rings. The Morgan fingerprint density at radius 1 is 1.19 bits per heavy atom. The minimum atomic E-state index is -0.287. The number of nitrogens with zero attached hydrogens (tertiary/aromatic N) is 1. The number of rotatable bonds is 4. The molecule has 2 aromatic rings. The van der Waals surface area contributed by atoms with Crippen molar-refractivity contribution in [3.05, 3.63) is 59.2 Å². The van der Waals surface area contributed by atoms with Gasteiger partial charge in [0.1, 0.15) is 11.6 Å². The summed E-state index contributed by atoms with van der Waals surface area (Å²) in [6, 6.07) is 9.83. The third kappa shape index (κ3) is 2.63. The van der Waals surface area contributed by atoms with E-state index in [2.05, 4.69) is 5.32 Å². The zero-order valence-electron chi connectivity index (χ0n) is 12.0. The topological polar surface area (TPSA) is 15.3 Å². The highest BCUT2D eigenvalue weighted by atomic mass is 19.1. The highest BCUT2D eigenvalue weighted by molar-refractivity contribution is 5.72. The maximum Gasteiger partial charge on any atom is 0.147 e. The first kappa shape index (κ1) is 14.0. The molecule has 0 bridgehead atoms. The normalized spacial score (nSPS) is 13.6. The lowest BCUT2D eigenvalue weighted by Gasteiger charge is -2.23. The summed E-state index contributed by atoms with van der Waals surface area (Å²) in [7, 11) is 0. The fourth-order valence-electron chi connectivity index (χ4n) is 2.85. The van der Waals surface area contributed by atoms with Gasteiger partial charge in [0.25, 0.3) is 0 Å². The molecule has 0 aliphatic carbocycles. The second kappa shape index (κ2) is 5.82. The van der Waals surface area contributed by atoms with Crippen molar-refractivity contribution in [3.8, 4) is 0 Å². The zero-order chi connectivity index (χ0) is 14.8. The van der Waals surface area contributed by atoms with Crippen LogP contribution in [0.3, 0.4) is 0 Å². The van der Waals surface area contributed by atoms with Gasteiger partial charge in [0.2, 0.25) is 0 Å². The molecule has 0 amide bonds. The Labute approximate surface area is 123 Å². The van der Waals surface area contributed by atoms with Crippen molar-refractivity contribution in [2.24, 2.45) is 0 Å². The van der Waals surface area contributed by atoms with E-state index in [-0.39, 0.29) is 11.6 Å². The average Bonchev–Trinajstić information content (AvgIpc) is 2.88. The van der Waals surface area contributed by atoms with Crippen molar-refractivity contribution >= 4 is 11.4 Å². The number of anilines is 2. The lowest BCUT2D eigenvalue weighted by atomic mass is 10.1. The van der Waals surface area contributed by atoms with Gasteiger partial charge in [0.15, 0.2) is 0 Å². The monoisotopic (exact) mass is 288 g/mol. The summed E-state index contributed by atoms with van der Waals surface area (Å²) in [5.74, 6) is -0.548. The van der Waals surface area contributed by atoms with Crippen LogP contribution in [0.1, 0.15) is 18.1 Å². The second-order valence-corrected chi connectivity index (χ2v) is 5.20. The molecule has 0 aromatic heterocycles. The Bertz CT molecular complexity index is 655. The van der Waals surface area contributed by atoms with E-state index in [1.807, 2.05) is 17.9 Å². The molecule has 2 aromatic carbocycles. The van der Waals surface area contributed by atoms with E-state index in [1.54, 1.807) is 12.1 Å². The Balaban J connectivity index is 2.04. The fourth-order valence-corrected chi connectivity index (χ4v) is 2.85. The third-order valence-electron chi connectivity index (χ3n) is 3.85. The van der Waals surface area contributed by atoms with Crippen molar-refractivity contribution in [2.75, 3.05) is 18.0 Å². The molecule has 1 N–H and O–H groups in total. The molecule has 21 heavy (non-hydrogen) atoms. The van der Waals surface area contributed by atoms with Gasteiger partial charge in [-0.15, -0.1) is 0 Å². The van der Waals surface area contributed by atoms with Crippen LogP contribution in [0.15, 0.2) is 36.4 Å². The predicted molar refractivity (Wildman–Crippen MR) is 80.9 cm³/mol. The van der Waals surface area contributed by atoms with Crippen LogP contribution in [0.4, 0.5) is 20.2 Å². The first-order valence-electron chi connectivity index (χ1n) is 7.24. The molecule has 0 saturated carbocycles. The van der Waals surface area contributed by atoms with Gasteiger partial charge >= 0.3 is 0 Å². The van der Waals surface area contributed by atoms with Gasteiger partial charge < -0.3 is 10.2 Å². The smallest absolute Gasteiger partial charge is 0.147 e. The number of hydrogen-bond acceptors (Lipinski definition) is 2. The molecule has 0 fully saturated rings. The molecule has 0 atom stereocenters. The predicted octanol–water partition coefficient (Wildman–Crippen LogP) is 3.77. The van der Waals surface area contributed by atoms with E-state index in [1.165, 1.54) is 18.2 Å². The molecular weight excluding hydrogens is 270 g/mol. The molecule has 0 radical (unpaired) electrons. The summed E-state index contributed by atoms with van der Waals surface area (Å²) in [4.78, 5) is 1.89. The second-order valence-electron chi connectivity index (χ2n) is 5.20. The minimum absolute atomic E-state index is 0.262. The van der Waals surface area contributed by atoms with Crippen LogP contribution in [-0.4, -0.2) is 13.1 Å². The summed E-state index contributed by atoms with van der Waals surface area (Å²) < 4.78 is 27.9. The first-order chi connectivity index (χ1) is 10.2. The number of halogens is 2. The number of nitrogens with one attached hydrogen (secondary N) is 1. The molecule has 2 nitrogen and oxygen atoms in total. The summed E-state index contributed by atoms with van der Waals surface area (Å²) in [5, 5.41) is 3.22. The van der Waals surface area contributed by atoms with Gasteiger partial charge in [0.05, 0.1) is 5.69 Å². The number of fused-ring (bicyclic) bond motifs is 1. The zero-order valence-corrected chi connectivity index (χ0v) is 12.0. The molecular formula is C17H18F2N2.